The van der Waals surface area contributed by atoms with Gasteiger partial charge in [0.25, 0.3) is 0 Å². The van der Waals surface area contributed by atoms with Gasteiger partial charge in [-0.15, -0.1) is 11.8 Å². The van der Waals surface area contributed by atoms with Gasteiger partial charge >= 0.3 is 0 Å². The first-order valence-electron chi connectivity index (χ1n) is 6.96. The first-order chi connectivity index (χ1) is 8.85. The highest BCUT2D eigenvalue weighted by Gasteiger charge is 2.27. The first-order valence-corrected chi connectivity index (χ1v) is 7.84. The van der Waals surface area contributed by atoms with Crippen molar-refractivity contribution in [2.24, 2.45) is 5.92 Å². The van der Waals surface area contributed by atoms with Crippen molar-refractivity contribution in [1.29, 1.82) is 0 Å². The molecule has 98 valence electrons. The predicted octanol–water partition coefficient (Wildman–Crippen LogP) is 2.24. The summed E-state index contributed by atoms with van der Waals surface area (Å²) in [5, 5.41) is 4.08. The molecule has 1 aromatic rings. The van der Waals surface area contributed by atoms with Crippen LogP contribution in [0.4, 0.5) is 0 Å². The number of hydrogen-bond acceptors (Lipinski definition) is 3. The number of hydrogen-bond donors (Lipinski definition) is 1. The van der Waals surface area contributed by atoms with E-state index in [2.05, 4.69) is 53.3 Å². The average molecular weight is 262 g/mol. The molecular weight excluding hydrogens is 240 g/mol. The average Bonchev–Trinajstić information content (AvgIpc) is 2.96. The van der Waals surface area contributed by atoms with Gasteiger partial charge in [0.1, 0.15) is 0 Å². The second-order valence-corrected chi connectivity index (χ2v) is 6.87. The van der Waals surface area contributed by atoms with Crippen molar-refractivity contribution in [3.63, 3.8) is 0 Å². The Bertz CT molecular complexity index is 382. The van der Waals surface area contributed by atoms with Crippen molar-refractivity contribution in [1.82, 2.24) is 10.2 Å². The Morgan fingerprint density at radius 3 is 3.11 bits per heavy atom. The van der Waals surface area contributed by atoms with Crippen molar-refractivity contribution in [2.75, 3.05) is 33.2 Å². The summed E-state index contributed by atoms with van der Waals surface area (Å²) in [5.41, 5.74) is 1.55. The van der Waals surface area contributed by atoms with Crippen LogP contribution in [0, 0.1) is 5.92 Å². The van der Waals surface area contributed by atoms with Gasteiger partial charge in [0.15, 0.2) is 0 Å². The SMILES string of the molecule is CNCC1CCN(CC2Cc3ccccc3S2)C1. The van der Waals surface area contributed by atoms with Crippen LogP contribution in [0.5, 0.6) is 0 Å². The number of nitrogens with zero attached hydrogens (tertiary/aromatic N) is 1. The normalized spacial score (nSPS) is 27.6. The Morgan fingerprint density at radius 2 is 2.28 bits per heavy atom. The summed E-state index contributed by atoms with van der Waals surface area (Å²) in [7, 11) is 2.06. The number of fused-ring (bicyclic) bond motifs is 1. The smallest absolute Gasteiger partial charge is 0.0263 e. The molecule has 0 saturated carbocycles. The van der Waals surface area contributed by atoms with E-state index in [4.69, 9.17) is 0 Å². The summed E-state index contributed by atoms with van der Waals surface area (Å²) in [5.74, 6) is 0.865. The van der Waals surface area contributed by atoms with Crippen molar-refractivity contribution < 1.29 is 0 Å². The topological polar surface area (TPSA) is 15.3 Å². The van der Waals surface area contributed by atoms with Crippen LogP contribution in [0.3, 0.4) is 0 Å². The number of rotatable bonds is 4. The van der Waals surface area contributed by atoms with Crippen LogP contribution in [-0.4, -0.2) is 43.4 Å². The molecule has 2 unspecified atom stereocenters. The van der Waals surface area contributed by atoms with Gasteiger partial charge in [-0.25, -0.2) is 0 Å². The van der Waals surface area contributed by atoms with E-state index in [1.165, 1.54) is 43.9 Å². The molecule has 1 aromatic carbocycles. The Hall–Kier alpha value is -0.510. The second-order valence-electron chi connectivity index (χ2n) is 5.52. The molecule has 18 heavy (non-hydrogen) atoms. The fraction of sp³-hybridized carbons (Fsp3) is 0.600. The molecule has 1 fully saturated rings. The summed E-state index contributed by atoms with van der Waals surface area (Å²) in [6.07, 6.45) is 2.62. The van der Waals surface area contributed by atoms with Crippen molar-refractivity contribution >= 4 is 11.8 Å². The molecule has 2 aliphatic rings. The molecule has 1 saturated heterocycles. The van der Waals surface area contributed by atoms with E-state index in [-0.39, 0.29) is 0 Å². The van der Waals surface area contributed by atoms with Gasteiger partial charge in [0, 0.05) is 23.2 Å². The molecule has 2 heterocycles. The fourth-order valence-electron chi connectivity index (χ4n) is 3.18. The Labute approximate surface area is 114 Å². The zero-order chi connectivity index (χ0) is 12.4. The third-order valence-corrected chi connectivity index (χ3v) is 5.34. The van der Waals surface area contributed by atoms with Crippen LogP contribution in [-0.2, 0) is 6.42 Å². The molecule has 0 aromatic heterocycles. The Morgan fingerprint density at radius 1 is 1.39 bits per heavy atom. The largest absolute Gasteiger partial charge is 0.319 e. The standard InChI is InChI=1S/C15H22N2S/c1-16-9-12-6-7-17(10-12)11-14-8-13-4-2-3-5-15(13)18-14/h2-5,12,14,16H,6-11H2,1H3. The van der Waals surface area contributed by atoms with E-state index in [1.54, 1.807) is 5.56 Å². The lowest BCUT2D eigenvalue weighted by atomic mass is 10.1. The van der Waals surface area contributed by atoms with Gasteiger partial charge < -0.3 is 10.2 Å². The minimum atomic E-state index is 0.774. The van der Waals surface area contributed by atoms with E-state index >= 15 is 0 Å². The quantitative estimate of drug-likeness (QED) is 0.896. The van der Waals surface area contributed by atoms with Gasteiger partial charge in [0.2, 0.25) is 0 Å². The van der Waals surface area contributed by atoms with Gasteiger partial charge in [0.05, 0.1) is 0 Å². The molecule has 0 radical (unpaired) electrons. The highest BCUT2D eigenvalue weighted by molar-refractivity contribution is 8.00. The summed E-state index contributed by atoms with van der Waals surface area (Å²) in [6, 6.07) is 8.89. The number of thioether (sulfide) groups is 1. The maximum Gasteiger partial charge on any atom is 0.0263 e. The van der Waals surface area contributed by atoms with Gasteiger partial charge in [-0.05, 0) is 50.5 Å². The molecule has 0 spiro atoms. The molecule has 0 aliphatic carbocycles. The summed E-state index contributed by atoms with van der Waals surface area (Å²) < 4.78 is 0. The lowest BCUT2D eigenvalue weighted by molar-refractivity contribution is 0.324. The summed E-state index contributed by atoms with van der Waals surface area (Å²) in [4.78, 5) is 4.17. The minimum Gasteiger partial charge on any atom is -0.319 e. The van der Waals surface area contributed by atoms with Crippen molar-refractivity contribution in [3.8, 4) is 0 Å². The predicted molar refractivity (Wildman–Crippen MR) is 78.3 cm³/mol. The van der Waals surface area contributed by atoms with E-state index in [9.17, 15) is 0 Å². The third-order valence-electron chi connectivity index (χ3n) is 4.04. The molecule has 2 nitrogen and oxygen atoms in total. The molecular formula is C15H22N2S. The number of nitrogens with one attached hydrogen (secondary N) is 1. The molecule has 1 N–H and O–H groups in total. The van der Waals surface area contributed by atoms with Gasteiger partial charge in [-0.3, -0.25) is 0 Å². The van der Waals surface area contributed by atoms with E-state index in [0.29, 0.717) is 0 Å². The molecule has 2 atom stereocenters. The van der Waals surface area contributed by atoms with E-state index < -0.39 is 0 Å². The third kappa shape index (κ3) is 2.73. The van der Waals surface area contributed by atoms with Crippen LogP contribution in [0.15, 0.2) is 29.2 Å². The molecule has 2 aliphatic heterocycles. The van der Waals surface area contributed by atoms with Crippen LogP contribution in [0.1, 0.15) is 12.0 Å². The van der Waals surface area contributed by atoms with Gasteiger partial charge in [-0.1, -0.05) is 18.2 Å². The lowest BCUT2D eigenvalue weighted by Crippen LogP contribution is -2.30. The first kappa shape index (κ1) is 12.5. The second kappa shape index (κ2) is 5.64. The van der Waals surface area contributed by atoms with Crippen LogP contribution < -0.4 is 5.32 Å². The minimum absolute atomic E-state index is 0.774. The Balaban J connectivity index is 1.51. The zero-order valence-electron chi connectivity index (χ0n) is 11.1. The lowest BCUT2D eigenvalue weighted by Gasteiger charge is -2.19. The number of likely N-dealkylation sites (tertiary alicyclic amines) is 1. The summed E-state index contributed by atoms with van der Waals surface area (Å²) in [6.45, 7) is 5.02. The maximum atomic E-state index is 3.31. The van der Waals surface area contributed by atoms with Crippen molar-refractivity contribution in [3.05, 3.63) is 29.8 Å². The molecule has 3 rings (SSSR count). The van der Waals surface area contributed by atoms with Gasteiger partial charge in [-0.2, -0.15) is 0 Å². The molecule has 0 amide bonds. The highest BCUT2D eigenvalue weighted by Crippen LogP contribution is 2.37. The number of benzene rings is 1. The van der Waals surface area contributed by atoms with Crippen LogP contribution in [0.2, 0.25) is 0 Å². The highest BCUT2D eigenvalue weighted by atomic mass is 32.2. The maximum absolute atomic E-state index is 3.31. The van der Waals surface area contributed by atoms with E-state index in [1.807, 2.05) is 0 Å². The van der Waals surface area contributed by atoms with Crippen LogP contribution in [0.25, 0.3) is 0 Å². The molecule has 3 heteroatoms. The van der Waals surface area contributed by atoms with Crippen LogP contribution >= 0.6 is 11.8 Å². The summed E-state index contributed by atoms with van der Waals surface area (Å²) >= 11 is 2.08. The zero-order valence-corrected chi connectivity index (χ0v) is 11.9. The molecule has 0 bridgehead atoms. The Kier molecular flexibility index (Phi) is 3.92. The fourth-order valence-corrected chi connectivity index (χ4v) is 4.54. The van der Waals surface area contributed by atoms with E-state index in [0.717, 1.165) is 11.2 Å². The monoisotopic (exact) mass is 262 g/mol. The van der Waals surface area contributed by atoms with Crippen molar-refractivity contribution in [2.45, 2.75) is 23.0 Å².